The zero-order valence-electron chi connectivity index (χ0n) is 15.0. The van der Waals surface area contributed by atoms with Gasteiger partial charge < -0.3 is 19.7 Å². The Kier molecular flexibility index (Phi) is 6.11. The van der Waals surface area contributed by atoms with Gasteiger partial charge in [0, 0.05) is 6.54 Å². The molecule has 1 atom stereocenters. The minimum atomic E-state index is -2.95. The van der Waals surface area contributed by atoms with Crippen molar-refractivity contribution < 1.29 is 23.0 Å². The monoisotopic (exact) mass is 376 g/mol. The second kappa shape index (κ2) is 8.70. The van der Waals surface area contributed by atoms with E-state index in [1.54, 1.807) is 17.0 Å². The number of hydrogen-bond donors (Lipinski definition) is 1. The first kappa shape index (κ1) is 18.9. The van der Waals surface area contributed by atoms with Crippen LogP contribution in [0.25, 0.3) is 0 Å². The van der Waals surface area contributed by atoms with Crippen LogP contribution < -0.4 is 14.8 Å². The molecular weight excluding hydrogens is 354 g/mol. The van der Waals surface area contributed by atoms with Gasteiger partial charge in [-0.1, -0.05) is 24.3 Å². The number of rotatable bonds is 6. The Balaban J connectivity index is 1.72. The minimum Gasteiger partial charge on any atom is -0.494 e. The van der Waals surface area contributed by atoms with Gasteiger partial charge in [0.25, 0.3) is 0 Å². The number of hydrogen-bond acceptors (Lipinski definition) is 3. The van der Waals surface area contributed by atoms with E-state index in [0.29, 0.717) is 13.2 Å². The van der Waals surface area contributed by atoms with Gasteiger partial charge in [0.15, 0.2) is 0 Å². The average molecular weight is 376 g/mol. The van der Waals surface area contributed by atoms with E-state index in [2.05, 4.69) is 10.1 Å². The molecule has 27 heavy (non-hydrogen) atoms. The van der Waals surface area contributed by atoms with Crippen molar-refractivity contribution in [3.05, 3.63) is 54.1 Å². The molecule has 2 aromatic carbocycles. The molecule has 1 unspecified atom stereocenters. The van der Waals surface area contributed by atoms with Crippen LogP contribution in [-0.2, 0) is 0 Å². The standard InChI is InChI=1S/C20H22F2N2O3/c1-2-26-15-11-9-14(10-12-15)17-7-5-13-24(17)20(25)23-16-6-3-4-8-18(16)27-19(21)22/h3-4,6,8-12,17,19H,2,5,7,13H2,1H3,(H,23,25). The Bertz CT molecular complexity index is 768. The lowest BCUT2D eigenvalue weighted by atomic mass is 10.0. The van der Waals surface area contributed by atoms with Crippen molar-refractivity contribution in [2.45, 2.75) is 32.4 Å². The van der Waals surface area contributed by atoms with Gasteiger partial charge in [0.2, 0.25) is 0 Å². The normalized spacial score (nSPS) is 16.4. The van der Waals surface area contributed by atoms with Crippen molar-refractivity contribution in [2.75, 3.05) is 18.5 Å². The zero-order valence-corrected chi connectivity index (χ0v) is 15.0. The Hall–Kier alpha value is -2.83. The molecule has 0 aliphatic carbocycles. The van der Waals surface area contributed by atoms with Crippen molar-refractivity contribution in [1.29, 1.82) is 0 Å². The topological polar surface area (TPSA) is 50.8 Å². The van der Waals surface area contributed by atoms with E-state index >= 15 is 0 Å². The van der Waals surface area contributed by atoms with Crippen LogP contribution in [0.1, 0.15) is 31.4 Å². The van der Waals surface area contributed by atoms with E-state index in [0.717, 1.165) is 24.2 Å². The fourth-order valence-electron chi connectivity index (χ4n) is 3.26. The van der Waals surface area contributed by atoms with Crippen molar-refractivity contribution >= 4 is 11.7 Å². The van der Waals surface area contributed by atoms with Crippen molar-refractivity contribution in [2.24, 2.45) is 0 Å². The van der Waals surface area contributed by atoms with Gasteiger partial charge in [-0.2, -0.15) is 8.78 Å². The highest BCUT2D eigenvalue weighted by Gasteiger charge is 2.30. The molecule has 0 saturated carbocycles. The molecule has 2 amide bonds. The van der Waals surface area contributed by atoms with E-state index in [1.165, 1.54) is 12.1 Å². The maximum Gasteiger partial charge on any atom is 0.387 e. The number of benzene rings is 2. The van der Waals surface area contributed by atoms with Crippen LogP contribution in [0.5, 0.6) is 11.5 Å². The fraction of sp³-hybridized carbons (Fsp3) is 0.350. The third-order valence-corrected chi connectivity index (χ3v) is 4.43. The summed E-state index contributed by atoms with van der Waals surface area (Å²) in [5.41, 5.74) is 1.24. The largest absolute Gasteiger partial charge is 0.494 e. The third-order valence-electron chi connectivity index (χ3n) is 4.43. The summed E-state index contributed by atoms with van der Waals surface area (Å²) in [4.78, 5) is 14.5. The molecule has 5 nitrogen and oxygen atoms in total. The van der Waals surface area contributed by atoms with Crippen molar-refractivity contribution in [3.63, 3.8) is 0 Å². The Labute approximate surface area is 156 Å². The highest BCUT2D eigenvalue weighted by Crippen LogP contribution is 2.34. The summed E-state index contributed by atoms with van der Waals surface area (Å²) in [6.45, 7) is 0.164. The van der Waals surface area contributed by atoms with E-state index in [1.807, 2.05) is 31.2 Å². The number of amides is 2. The lowest BCUT2D eigenvalue weighted by molar-refractivity contribution is -0.0493. The molecule has 1 aliphatic rings. The molecule has 1 heterocycles. The smallest absolute Gasteiger partial charge is 0.387 e. The van der Waals surface area contributed by atoms with Gasteiger partial charge in [-0.05, 0) is 49.6 Å². The molecule has 0 aromatic heterocycles. The molecule has 1 aliphatic heterocycles. The summed E-state index contributed by atoms with van der Waals surface area (Å²) >= 11 is 0. The third kappa shape index (κ3) is 4.67. The number of ether oxygens (including phenoxy) is 2. The first-order chi connectivity index (χ1) is 13.1. The number of halogens is 2. The molecule has 1 fully saturated rings. The summed E-state index contributed by atoms with van der Waals surface area (Å²) in [5.74, 6) is 0.728. The van der Waals surface area contributed by atoms with E-state index in [-0.39, 0.29) is 23.5 Å². The van der Waals surface area contributed by atoms with Crippen LogP contribution >= 0.6 is 0 Å². The molecule has 144 valence electrons. The predicted octanol–water partition coefficient (Wildman–Crippen LogP) is 5.06. The Morgan fingerprint density at radius 1 is 1.22 bits per heavy atom. The van der Waals surface area contributed by atoms with Crippen LogP contribution in [0.15, 0.2) is 48.5 Å². The van der Waals surface area contributed by atoms with Crippen LogP contribution in [0.3, 0.4) is 0 Å². The number of nitrogens with one attached hydrogen (secondary N) is 1. The second-order valence-electron chi connectivity index (χ2n) is 6.16. The van der Waals surface area contributed by atoms with Crippen LogP contribution in [0, 0.1) is 0 Å². The lowest BCUT2D eigenvalue weighted by Crippen LogP contribution is -2.34. The quantitative estimate of drug-likeness (QED) is 0.767. The molecule has 0 bridgehead atoms. The number of likely N-dealkylation sites (tertiary alicyclic amines) is 1. The van der Waals surface area contributed by atoms with Gasteiger partial charge in [-0.15, -0.1) is 0 Å². The maximum atomic E-state index is 12.8. The number of urea groups is 1. The SMILES string of the molecule is CCOc1ccc(C2CCCN2C(=O)Nc2ccccc2OC(F)F)cc1. The summed E-state index contributed by atoms with van der Waals surface area (Å²) in [6.07, 6.45) is 1.72. The summed E-state index contributed by atoms with van der Waals surface area (Å²) in [7, 11) is 0. The van der Waals surface area contributed by atoms with Gasteiger partial charge in [-0.3, -0.25) is 0 Å². The molecule has 3 rings (SSSR count). The molecule has 1 N–H and O–H groups in total. The lowest BCUT2D eigenvalue weighted by Gasteiger charge is -2.26. The average Bonchev–Trinajstić information content (AvgIpc) is 3.14. The molecule has 1 saturated heterocycles. The van der Waals surface area contributed by atoms with Crippen molar-refractivity contribution in [3.8, 4) is 11.5 Å². The first-order valence-corrected chi connectivity index (χ1v) is 8.92. The molecule has 0 spiro atoms. The highest BCUT2D eigenvalue weighted by atomic mass is 19.3. The molecule has 0 radical (unpaired) electrons. The van der Waals surface area contributed by atoms with Gasteiger partial charge >= 0.3 is 12.6 Å². The highest BCUT2D eigenvalue weighted by molar-refractivity contribution is 5.91. The molecule has 7 heteroatoms. The summed E-state index contributed by atoms with van der Waals surface area (Å²) in [6, 6.07) is 13.4. The Morgan fingerprint density at radius 2 is 1.96 bits per heavy atom. The minimum absolute atomic E-state index is 0.0577. The predicted molar refractivity (Wildman–Crippen MR) is 98.4 cm³/mol. The second-order valence-corrected chi connectivity index (χ2v) is 6.16. The van der Waals surface area contributed by atoms with Crippen molar-refractivity contribution in [1.82, 2.24) is 4.90 Å². The first-order valence-electron chi connectivity index (χ1n) is 8.92. The number of anilines is 1. The molecular formula is C20H22F2N2O3. The maximum absolute atomic E-state index is 12.8. The number of alkyl halides is 2. The molecule has 2 aromatic rings. The van der Waals surface area contributed by atoms with Gasteiger partial charge in [0.05, 0.1) is 18.3 Å². The summed E-state index contributed by atoms with van der Waals surface area (Å²) < 4.78 is 35.0. The number of para-hydroxylation sites is 2. The Morgan fingerprint density at radius 3 is 2.67 bits per heavy atom. The van der Waals surface area contributed by atoms with Gasteiger partial charge in [0.1, 0.15) is 11.5 Å². The van der Waals surface area contributed by atoms with Gasteiger partial charge in [-0.25, -0.2) is 4.79 Å². The number of carbonyl (C=O) groups excluding carboxylic acids is 1. The van der Waals surface area contributed by atoms with Crippen LogP contribution in [0.2, 0.25) is 0 Å². The fourth-order valence-corrected chi connectivity index (χ4v) is 3.26. The summed E-state index contributed by atoms with van der Waals surface area (Å²) in [5, 5.41) is 2.69. The van der Waals surface area contributed by atoms with E-state index in [4.69, 9.17) is 4.74 Å². The van der Waals surface area contributed by atoms with Crippen LogP contribution in [0.4, 0.5) is 19.3 Å². The van der Waals surface area contributed by atoms with E-state index in [9.17, 15) is 13.6 Å². The number of nitrogens with zero attached hydrogens (tertiary/aromatic N) is 1. The zero-order chi connectivity index (χ0) is 19.2. The number of carbonyl (C=O) groups is 1. The van der Waals surface area contributed by atoms with Crippen LogP contribution in [-0.4, -0.2) is 30.7 Å². The van der Waals surface area contributed by atoms with E-state index < -0.39 is 6.61 Å².